The largest absolute Gasteiger partial charge is 0.329 e. The summed E-state index contributed by atoms with van der Waals surface area (Å²) in [6, 6.07) is 0.689. The van der Waals surface area contributed by atoms with E-state index >= 15 is 0 Å². The van der Waals surface area contributed by atoms with Gasteiger partial charge in [0.05, 0.1) is 0 Å². The summed E-state index contributed by atoms with van der Waals surface area (Å²) in [5, 5.41) is 0. The van der Waals surface area contributed by atoms with E-state index in [1.165, 1.54) is 77.5 Å². The van der Waals surface area contributed by atoms with Gasteiger partial charge in [-0.25, -0.2) is 0 Å². The quantitative estimate of drug-likeness (QED) is 0.868. The number of nitrogens with two attached hydrogens (primary N) is 1. The Morgan fingerprint density at radius 3 is 2.19 bits per heavy atom. The lowest BCUT2D eigenvalue weighted by Gasteiger charge is -2.54. The van der Waals surface area contributed by atoms with Crippen LogP contribution in [0.15, 0.2) is 0 Å². The average molecular weight is 293 g/mol. The zero-order valence-corrected chi connectivity index (χ0v) is 14.2. The minimum atomic E-state index is 0.321. The fourth-order valence-corrected chi connectivity index (χ4v) is 5.42. The van der Waals surface area contributed by atoms with Crippen molar-refractivity contribution in [2.24, 2.45) is 11.1 Å². The molecule has 0 aromatic rings. The van der Waals surface area contributed by atoms with E-state index in [0.717, 1.165) is 12.0 Å². The van der Waals surface area contributed by atoms with Crippen LogP contribution < -0.4 is 5.73 Å². The highest BCUT2D eigenvalue weighted by atomic mass is 15.3. The minimum absolute atomic E-state index is 0.321. The van der Waals surface area contributed by atoms with E-state index in [1.54, 1.807) is 0 Å². The normalized spacial score (nSPS) is 33.6. The van der Waals surface area contributed by atoms with E-state index in [4.69, 9.17) is 5.73 Å². The van der Waals surface area contributed by atoms with Crippen LogP contribution in [0, 0.1) is 5.41 Å². The van der Waals surface area contributed by atoms with Gasteiger partial charge in [-0.1, -0.05) is 19.8 Å². The topological polar surface area (TPSA) is 32.5 Å². The minimum Gasteiger partial charge on any atom is -0.329 e. The van der Waals surface area contributed by atoms with E-state index in [0.29, 0.717) is 11.6 Å². The second-order valence-electron chi connectivity index (χ2n) is 8.06. The summed E-state index contributed by atoms with van der Waals surface area (Å²) < 4.78 is 0. The fourth-order valence-electron chi connectivity index (χ4n) is 5.42. The molecule has 3 aliphatic rings. The van der Waals surface area contributed by atoms with Gasteiger partial charge in [0.1, 0.15) is 0 Å². The molecule has 1 saturated heterocycles. The Morgan fingerprint density at radius 2 is 1.67 bits per heavy atom. The first-order valence-electron chi connectivity index (χ1n) is 9.32. The molecule has 0 amide bonds. The van der Waals surface area contributed by atoms with E-state index in [1.807, 2.05) is 0 Å². The molecule has 3 rings (SSSR count). The summed E-state index contributed by atoms with van der Waals surface area (Å²) in [7, 11) is 0. The number of likely N-dealkylation sites (N-methyl/N-ethyl adjacent to an activating group) is 1. The third kappa shape index (κ3) is 2.89. The van der Waals surface area contributed by atoms with Crippen LogP contribution in [0.3, 0.4) is 0 Å². The van der Waals surface area contributed by atoms with Crippen molar-refractivity contribution in [3.63, 3.8) is 0 Å². The van der Waals surface area contributed by atoms with Gasteiger partial charge in [-0.05, 0) is 57.4 Å². The summed E-state index contributed by atoms with van der Waals surface area (Å²) in [6.45, 7) is 10.4. The monoisotopic (exact) mass is 293 g/mol. The third-order valence-electron chi connectivity index (χ3n) is 7.13. The van der Waals surface area contributed by atoms with Gasteiger partial charge in [0.15, 0.2) is 0 Å². The van der Waals surface area contributed by atoms with Crippen molar-refractivity contribution in [3.8, 4) is 0 Å². The predicted molar refractivity (Wildman–Crippen MR) is 89.4 cm³/mol. The van der Waals surface area contributed by atoms with Gasteiger partial charge in [0.2, 0.25) is 0 Å². The summed E-state index contributed by atoms with van der Waals surface area (Å²) in [6.07, 6.45) is 11.5. The van der Waals surface area contributed by atoms with Crippen LogP contribution in [0.1, 0.15) is 65.2 Å². The summed E-state index contributed by atoms with van der Waals surface area (Å²) in [4.78, 5) is 5.38. The van der Waals surface area contributed by atoms with Crippen molar-refractivity contribution >= 4 is 0 Å². The van der Waals surface area contributed by atoms with Crippen molar-refractivity contribution in [2.45, 2.75) is 76.8 Å². The number of piperazine rings is 1. The Balaban J connectivity index is 1.65. The Kier molecular flexibility index (Phi) is 4.63. The zero-order chi connectivity index (χ0) is 14.9. The molecule has 122 valence electrons. The highest BCUT2D eigenvalue weighted by Gasteiger charge is 2.46. The van der Waals surface area contributed by atoms with Crippen molar-refractivity contribution in [2.75, 3.05) is 32.7 Å². The molecule has 2 N–H and O–H groups in total. The maximum Gasteiger partial charge on any atom is 0.0333 e. The third-order valence-corrected chi connectivity index (χ3v) is 7.13. The van der Waals surface area contributed by atoms with Gasteiger partial charge >= 0.3 is 0 Å². The van der Waals surface area contributed by atoms with Crippen molar-refractivity contribution in [1.29, 1.82) is 0 Å². The highest BCUT2D eigenvalue weighted by molar-refractivity contribution is 5.03. The molecule has 3 nitrogen and oxygen atoms in total. The number of hydrogen-bond acceptors (Lipinski definition) is 3. The second-order valence-corrected chi connectivity index (χ2v) is 8.06. The van der Waals surface area contributed by atoms with Crippen LogP contribution in [-0.2, 0) is 0 Å². The SMILES string of the molecule is CCN1CCN(C2(CN)CCC3(CCCC3)CC2)CC1C. The Bertz CT molecular complexity index is 338. The average Bonchev–Trinajstić information content (AvgIpc) is 2.97. The summed E-state index contributed by atoms with van der Waals surface area (Å²) in [5.74, 6) is 0. The molecule has 1 atom stereocenters. The van der Waals surface area contributed by atoms with Crippen molar-refractivity contribution in [1.82, 2.24) is 9.80 Å². The van der Waals surface area contributed by atoms with E-state index in [9.17, 15) is 0 Å². The molecule has 2 aliphatic carbocycles. The van der Waals surface area contributed by atoms with Crippen LogP contribution in [0.4, 0.5) is 0 Å². The van der Waals surface area contributed by atoms with Gasteiger partial charge in [-0.2, -0.15) is 0 Å². The molecular formula is C18H35N3. The molecule has 1 unspecified atom stereocenters. The number of rotatable bonds is 3. The second kappa shape index (κ2) is 6.17. The van der Waals surface area contributed by atoms with Crippen molar-refractivity contribution in [3.05, 3.63) is 0 Å². The standard InChI is InChI=1S/C18H35N3/c1-3-20-12-13-21(14-16(20)2)18(15-19)10-8-17(9-11-18)6-4-5-7-17/h16H,3-15,19H2,1-2H3. The molecule has 3 heteroatoms. The number of hydrogen-bond donors (Lipinski definition) is 1. The smallest absolute Gasteiger partial charge is 0.0333 e. The predicted octanol–water partition coefficient (Wildman–Crippen LogP) is 2.84. The maximum absolute atomic E-state index is 6.31. The lowest BCUT2D eigenvalue weighted by Crippen LogP contribution is -2.63. The van der Waals surface area contributed by atoms with Gasteiger partial charge in [-0.15, -0.1) is 0 Å². The zero-order valence-electron chi connectivity index (χ0n) is 14.2. The Morgan fingerprint density at radius 1 is 1.00 bits per heavy atom. The van der Waals surface area contributed by atoms with Gasteiger partial charge < -0.3 is 5.73 Å². The lowest BCUT2D eigenvalue weighted by atomic mass is 9.65. The van der Waals surface area contributed by atoms with Crippen LogP contribution in [0.5, 0.6) is 0 Å². The summed E-state index contributed by atoms with van der Waals surface area (Å²) >= 11 is 0. The number of nitrogens with zero attached hydrogens (tertiary/aromatic N) is 2. The molecule has 0 aromatic heterocycles. The summed E-state index contributed by atoms with van der Waals surface area (Å²) in [5.41, 5.74) is 7.35. The molecule has 21 heavy (non-hydrogen) atoms. The maximum atomic E-state index is 6.31. The first-order chi connectivity index (χ1) is 10.1. The van der Waals surface area contributed by atoms with Crippen molar-refractivity contribution < 1.29 is 0 Å². The molecule has 1 spiro atoms. The molecule has 3 fully saturated rings. The van der Waals surface area contributed by atoms with Crippen LogP contribution in [0.2, 0.25) is 0 Å². The molecule has 2 saturated carbocycles. The van der Waals surface area contributed by atoms with E-state index in [-0.39, 0.29) is 0 Å². The van der Waals surface area contributed by atoms with Gasteiger partial charge in [0, 0.05) is 37.8 Å². The van der Waals surface area contributed by atoms with Gasteiger partial charge in [0.25, 0.3) is 0 Å². The highest BCUT2D eigenvalue weighted by Crippen LogP contribution is 2.52. The Hall–Kier alpha value is -0.120. The molecular weight excluding hydrogens is 258 g/mol. The molecule has 0 aromatic carbocycles. The Labute approximate surface area is 131 Å². The van der Waals surface area contributed by atoms with Gasteiger partial charge in [-0.3, -0.25) is 9.80 Å². The van der Waals surface area contributed by atoms with E-state index < -0.39 is 0 Å². The fraction of sp³-hybridized carbons (Fsp3) is 1.00. The molecule has 0 bridgehead atoms. The molecule has 1 aliphatic heterocycles. The molecule has 0 radical (unpaired) electrons. The first-order valence-corrected chi connectivity index (χ1v) is 9.32. The van der Waals surface area contributed by atoms with Crippen LogP contribution >= 0.6 is 0 Å². The first kappa shape index (κ1) is 15.8. The van der Waals surface area contributed by atoms with Crippen LogP contribution in [-0.4, -0.2) is 54.1 Å². The van der Waals surface area contributed by atoms with E-state index in [2.05, 4.69) is 23.6 Å². The van der Waals surface area contributed by atoms with Crippen LogP contribution in [0.25, 0.3) is 0 Å². The molecule has 1 heterocycles. The lowest BCUT2D eigenvalue weighted by molar-refractivity contribution is -0.0307.